The smallest absolute Gasteiger partial charge is 0.0988 e. The van der Waals surface area contributed by atoms with Crippen molar-refractivity contribution in [2.45, 2.75) is 59.0 Å². The lowest BCUT2D eigenvalue weighted by molar-refractivity contribution is 0.305. The topological polar surface area (TPSA) is 27.1 Å². The average molecular weight is 182 g/mol. The van der Waals surface area contributed by atoms with Crippen LogP contribution in [0.2, 0.25) is 0 Å². The summed E-state index contributed by atoms with van der Waals surface area (Å²) in [6, 6.07) is 1.21. The highest BCUT2D eigenvalue weighted by Gasteiger charge is 2.31. The highest BCUT2D eigenvalue weighted by molar-refractivity contribution is 5.81. The first kappa shape index (κ1) is 10.6. The summed E-state index contributed by atoms with van der Waals surface area (Å²) in [5.41, 5.74) is 0. The fourth-order valence-corrected chi connectivity index (χ4v) is 2.20. The molecule has 0 radical (unpaired) electrons. The number of nitrogens with zero attached hydrogens (tertiary/aromatic N) is 1. The van der Waals surface area contributed by atoms with Gasteiger partial charge in [-0.05, 0) is 26.2 Å². The monoisotopic (exact) mass is 182 g/mol. The second-order valence-corrected chi connectivity index (χ2v) is 4.44. The number of hydrogen-bond acceptors (Lipinski definition) is 1. The summed E-state index contributed by atoms with van der Waals surface area (Å²) in [6.45, 7) is 8.69. The molecule has 0 aromatic heterocycles. The van der Waals surface area contributed by atoms with Gasteiger partial charge >= 0.3 is 0 Å². The van der Waals surface area contributed by atoms with Crippen LogP contribution in [0, 0.1) is 11.3 Å². The van der Waals surface area contributed by atoms with Gasteiger partial charge in [-0.2, -0.15) is 0 Å². The second-order valence-electron chi connectivity index (χ2n) is 4.44. The molecule has 2 unspecified atom stereocenters. The normalized spacial score (nSPS) is 28.5. The molecule has 1 fully saturated rings. The van der Waals surface area contributed by atoms with E-state index in [1.807, 2.05) is 0 Å². The van der Waals surface area contributed by atoms with Gasteiger partial charge in [-0.25, -0.2) is 0 Å². The SMILES string of the molecule is CCC1CCC(C)N1C(=N)C(C)C. The molecular formula is C11H22N2. The average Bonchev–Trinajstić information content (AvgIpc) is 2.45. The van der Waals surface area contributed by atoms with E-state index in [9.17, 15) is 0 Å². The third-order valence-corrected chi connectivity index (χ3v) is 3.08. The van der Waals surface area contributed by atoms with Gasteiger partial charge in [0, 0.05) is 18.0 Å². The van der Waals surface area contributed by atoms with Gasteiger partial charge in [0.05, 0.1) is 5.84 Å². The molecule has 0 amide bonds. The molecule has 0 bridgehead atoms. The van der Waals surface area contributed by atoms with Gasteiger partial charge in [0.25, 0.3) is 0 Å². The van der Waals surface area contributed by atoms with Crippen LogP contribution in [0.3, 0.4) is 0 Å². The molecule has 1 heterocycles. The minimum Gasteiger partial charge on any atom is -0.355 e. The van der Waals surface area contributed by atoms with E-state index in [4.69, 9.17) is 5.41 Å². The Morgan fingerprint density at radius 1 is 1.46 bits per heavy atom. The van der Waals surface area contributed by atoms with Crippen molar-refractivity contribution in [3.05, 3.63) is 0 Å². The standard InChI is InChI=1S/C11H22N2/c1-5-10-7-6-9(4)13(10)11(12)8(2)3/h8-10,12H,5-7H2,1-4H3. The molecule has 0 aliphatic carbocycles. The summed E-state index contributed by atoms with van der Waals surface area (Å²) in [5, 5.41) is 8.03. The van der Waals surface area contributed by atoms with E-state index in [1.54, 1.807) is 0 Å². The molecule has 76 valence electrons. The number of rotatable bonds is 2. The van der Waals surface area contributed by atoms with Crippen LogP contribution in [0.4, 0.5) is 0 Å². The summed E-state index contributed by atoms with van der Waals surface area (Å²) in [7, 11) is 0. The molecule has 2 atom stereocenters. The Bertz CT molecular complexity index is 187. The summed E-state index contributed by atoms with van der Waals surface area (Å²) in [6.07, 6.45) is 3.71. The van der Waals surface area contributed by atoms with Gasteiger partial charge in [0.15, 0.2) is 0 Å². The number of nitrogens with one attached hydrogen (secondary N) is 1. The van der Waals surface area contributed by atoms with Crippen LogP contribution in [0.15, 0.2) is 0 Å². The van der Waals surface area contributed by atoms with E-state index in [0.717, 1.165) is 5.84 Å². The zero-order valence-corrected chi connectivity index (χ0v) is 9.30. The third-order valence-electron chi connectivity index (χ3n) is 3.08. The number of likely N-dealkylation sites (tertiary alicyclic amines) is 1. The van der Waals surface area contributed by atoms with E-state index >= 15 is 0 Å². The molecule has 0 aromatic rings. The molecule has 1 rings (SSSR count). The van der Waals surface area contributed by atoms with Crippen molar-refractivity contribution >= 4 is 5.84 Å². The van der Waals surface area contributed by atoms with Crippen molar-refractivity contribution in [1.29, 1.82) is 5.41 Å². The fourth-order valence-electron chi connectivity index (χ4n) is 2.20. The van der Waals surface area contributed by atoms with Crippen LogP contribution < -0.4 is 0 Å². The zero-order valence-electron chi connectivity index (χ0n) is 9.30. The van der Waals surface area contributed by atoms with Crippen molar-refractivity contribution in [1.82, 2.24) is 4.90 Å². The van der Waals surface area contributed by atoms with Crippen LogP contribution in [0.25, 0.3) is 0 Å². The number of hydrogen-bond donors (Lipinski definition) is 1. The predicted molar refractivity (Wildman–Crippen MR) is 57.2 cm³/mol. The van der Waals surface area contributed by atoms with Gasteiger partial charge in [-0.3, -0.25) is 5.41 Å². The molecule has 13 heavy (non-hydrogen) atoms. The van der Waals surface area contributed by atoms with E-state index in [2.05, 4.69) is 32.6 Å². The quantitative estimate of drug-likeness (QED) is 0.516. The predicted octanol–water partition coefficient (Wildman–Crippen LogP) is 2.88. The molecule has 1 saturated heterocycles. The summed E-state index contributed by atoms with van der Waals surface area (Å²) in [4.78, 5) is 2.32. The molecule has 0 saturated carbocycles. The third kappa shape index (κ3) is 2.04. The molecule has 1 aliphatic heterocycles. The highest BCUT2D eigenvalue weighted by Crippen LogP contribution is 2.27. The van der Waals surface area contributed by atoms with Gasteiger partial charge in [-0.1, -0.05) is 20.8 Å². The maximum absolute atomic E-state index is 8.03. The molecule has 2 heteroatoms. The molecule has 0 aromatic carbocycles. The molecule has 1 N–H and O–H groups in total. The van der Waals surface area contributed by atoms with E-state index < -0.39 is 0 Å². The summed E-state index contributed by atoms with van der Waals surface area (Å²) < 4.78 is 0. The summed E-state index contributed by atoms with van der Waals surface area (Å²) >= 11 is 0. The molecular weight excluding hydrogens is 160 g/mol. The van der Waals surface area contributed by atoms with Crippen LogP contribution in [0.5, 0.6) is 0 Å². The second kappa shape index (κ2) is 4.12. The molecule has 0 spiro atoms. The Morgan fingerprint density at radius 2 is 2.08 bits per heavy atom. The van der Waals surface area contributed by atoms with Crippen molar-refractivity contribution in [2.24, 2.45) is 5.92 Å². The Kier molecular flexibility index (Phi) is 3.34. The van der Waals surface area contributed by atoms with Gasteiger partial charge in [-0.15, -0.1) is 0 Å². The first-order valence-corrected chi connectivity index (χ1v) is 5.44. The van der Waals surface area contributed by atoms with Crippen LogP contribution >= 0.6 is 0 Å². The van der Waals surface area contributed by atoms with Crippen molar-refractivity contribution < 1.29 is 0 Å². The van der Waals surface area contributed by atoms with Gasteiger partial charge in [0.1, 0.15) is 0 Å². The largest absolute Gasteiger partial charge is 0.355 e. The van der Waals surface area contributed by atoms with E-state index in [-0.39, 0.29) is 0 Å². The fraction of sp³-hybridized carbons (Fsp3) is 0.909. The molecule has 2 nitrogen and oxygen atoms in total. The lowest BCUT2D eigenvalue weighted by atomic mass is 10.1. The maximum atomic E-state index is 8.03. The lowest BCUT2D eigenvalue weighted by Gasteiger charge is -2.32. The lowest BCUT2D eigenvalue weighted by Crippen LogP contribution is -2.41. The van der Waals surface area contributed by atoms with E-state index in [1.165, 1.54) is 19.3 Å². The van der Waals surface area contributed by atoms with E-state index in [0.29, 0.717) is 18.0 Å². The van der Waals surface area contributed by atoms with Crippen LogP contribution in [-0.4, -0.2) is 22.8 Å². The van der Waals surface area contributed by atoms with Crippen LogP contribution in [0.1, 0.15) is 47.0 Å². The van der Waals surface area contributed by atoms with Crippen molar-refractivity contribution in [2.75, 3.05) is 0 Å². The first-order chi connectivity index (χ1) is 6.07. The minimum absolute atomic E-state index is 0.370. The zero-order chi connectivity index (χ0) is 10.0. The van der Waals surface area contributed by atoms with Crippen LogP contribution in [-0.2, 0) is 0 Å². The Morgan fingerprint density at radius 3 is 2.54 bits per heavy atom. The Hall–Kier alpha value is -0.530. The summed E-state index contributed by atoms with van der Waals surface area (Å²) in [5.74, 6) is 1.20. The van der Waals surface area contributed by atoms with Gasteiger partial charge < -0.3 is 4.90 Å². The first-order valence-electron chi connectivity index (χ1n) is 5.44. The van der Waals surface area contributed by atoms with Crippen molar-refractivity contribution in [3.8, 4) is 0 Å². The maximum Gasteiger partial charge on any atom is 0.0988 e. The number of amidine groups is 1. The Labute approximate surface area is 81.8 Å². The van der Waals surface area contributed by atoms with Gasteiger partial charge in [0.2, 0.25) is 0 Å². The minimum atomic E-state index is 0.370. The Balaban J connectivity index is 2.69. The highest BCUT2D eigenvalue weighted by atomic mass is 15.2. The van der Waals surface area contributed by atoms with Crippen molar-refractivity contribution in [3.63, 3.8) is 0 Å². The molecule has 1 aliphatic rings.